The van der Waals surface area contributed by atoms with Gasteiger partial charge in [-0.05, 0) is 49.7 Å². The fraction of sp³-hybridized carbons (Fsp3) is 0.500. The van der Waals surface area contributed by atoms with Crippen LogP contribution in [0.3, 0.4) is 0 Å². The number of allylic oxidation sites excluding steroid dienone is 6. The first-order valence-electron chi connectivity index (χ1n) is 5.02. The van der Waals surface area contributed by atoms with Gasteiger partial charge in [-0.3, -0.25) is 0 Å². The quantitative estimate of drug-likeness (QED) is 0.506. The van der Waals surface area contributed by atoms with Crippen LogP contribution in [0.2, 0.25) is 0 Å². The average molecular weight is 160 g/mol. The van der Waals surface area contributed by atoms with Crippen molar-refractivity contribution in [3.05, 3.63) is 35.5 Å². The average Bonchev–Trinajstić information content (AvgIpc) is 2.21. The van der Waals surface area contributed by atoms with Gasteiger partial charge < -0.3 is 0 Å². The van der Waals surface area contributed by atoms with Gasteiger partial charge in [-0.25, -0.2) is 0 Å². The molecule has 0 heteroatoms. The lowest BCUT2D eigenvalue weighted by Crippen LogP contribution is -1.95. The lowest BCUT2D eigenvalue weighted by Gasteiger charge is -2.14. The van der Waals surface area contributed by atoms with E-state index in [4.69, 9.17) is 0 Å². The van der Waals surface area contributed by atoms with Gasteiger partial charge in [0.25, 0.3) is 0 Å². The highest BCUT2D eigenvalue weighted by Gasteiger charge is 2.06. The number of hydrogen-bond donors (Lipinski definition) is 0. The van der Waals surface area contributed by atoms with Crippen LogP contribution >= 0.6 is 0 Å². The Labute approximate surface area is 74.7 Å². The van der Waals surface area contributed by atoms with Gasteiger partial charge in [-0.2, -0.15) is 0 Å². The second-order valence-corrected chi connectivity index (χ2v) is 3.64. The Balaban J connectivity index is 2.21. The van der Waals surface area contributed by atoms with E-state index in [9.17, 15) is 0 Å². The van der Waals surface area contributed by atoms with Crippen molar-refractivity contribution in [2.75, 3.05) is 0 Å². The summed E-state index contributed by atoms with van der Waals surface area (Å²) in [6.45, 7) is 0. The van der Waals surface area contributed by atoms with Crippen LogP contribution in [0.4, 0.5) is 0 Å². The Morgan fingerprint density at radius 3 is 1.58 bits per heavy atom. The highest BCUT2D eigenvalue weighted by molar-refractivity contribution is 5.35. The van der Waals surface area contributed by atoms with Crippen LogP contribution in [0.15, 0.2) is 35.5 Å². The van der Waals surface area contributed by atoms with Crippen molar-refractivity contribution in [1.82, 2.24) is 0 Å². The van der Waals surface area contributed by atoms with Crippen molar-refractivity contribution < 1.29 is 0 Å². The minimum Gasteiger partial charge on any atom is -0.0842 e. The molecule has 0 N–H and O–H groups in total. The zero-order chi connectivity index (χ0) is 8.23. The molecule has 0 radical (unpaired) electrons. The minimum absolute atomic E-state index is 1.28. The van der Waals surface area contributed by atoms with Gasteiger partial charge >= 0.3 is 0 Å². The first kappa shape index (κ1) is 7.85. The Hall–Kier alpha value is -0.780. The molecule has 0 nitrogen and oxygen atoms in total. The van der Waals surface area contributed by atoms with Crippen LogP contribution in [0.1, 0.15) is 38.5 Å². The van der Waals surface area contributed by atoms with E-state index in [-0.39, 0.29) is 0 Å². The summed E-state index contributed by atoms with van der Waals surface area (Å²) in [5.74, 6) is 0. The van der Waals surface area contributed by atoms with Gasteiger partial charge in [0.2, 0.25) is 0 Å². The summed E-state index contributed by atoms with van der Waals surface area (Å²) in [6, 6.07) is 0. The third-order valence-corrected chi connectivity index (χ3v) is 2.68. The molecule has 2 aliphatic rings. The van der Waals surface area contributed by atoms with E-state index in [1.54, 1.807) is 11.1 Å². The molecule has 0 aromatic heterocycles. The van der Waals surface area contributed by atoms with Crippen molar-refractivity contribution in [3.8, 4) is 0 Å². The molecule has 2 rings (SSSR count). The lowest BCUT2D eigenvalue weighted by atomic mass is 9.91. The molecule has 0 spiro atoms. The maximum Gasteiger partial charge on any atom is -0.0273 e. The third kappa shape index (κ3) is 1.69. The van der Waals surface area contributed by atoms with Gasteiger partial charge in [0.05, 0.1) is 0 Å². The molecule has 0 heterocycles. The molecular weight excluding hydrogens is 144 g/mol. The van der Waals surface area contributed by atoms with E-state index in [0.717, 1.165) is 0 Å². The summed E-state index contributed by atoms with van der Waals surface area (Å²) in [7, 11) is 0. The topological polar surface area (TPSA) is 0 Å². The molecular formula is C12H16. The lowest BCUT2D eigenvalue weighted by molar-refractivity contribution is 0.774. The van der Waals surface area contributed by atoms with Gasteiger partial charge in [0, 0.05) is 0 Å². The monoisotopic (exact) mass is 160 g/mol. The summed E-state index contributed by atoms with van der Waals surface area (Å²) in [5.41, 5.74) is 3.19. The first-order valence-corrected chi connectivity index (χ1v) is 5.02. The zero-order valence-corrected chi connectivity index (χ0v) is 7.55. The zero-order valence-electron chi connectivity index (χ0n) is 7.55. The van der Waals surface area contributed by atoms with Crippen LogP contribution in [0, 0.1) is 0 Å². The molecule has 0 saturated carbocycles. The highest BCUT2D eigenvalue weighted by atomic mass is 14.1. The maximum absolute atomic E-state index is 2.33. The summed E-state index contributed by atoms with van der Waals surface area (Å²) in [5, 5.41) is 0. The molecule has 64 valence electrons. The predicted octanol–water partition coefficient (Wildman–Crippen LogP) is 3.76. The summed E-state index contributed by atoms with van der Waals surface area (Å²) >= 11 is 0. The number of rotatable bonds is 0. The van der Waals surface area contributed by atoms with Crippen molar-refractivity contribution >= 4 is 0 Å². The fourth-order valence-corrected chi connectivity index (χ4v) is 1.97. The molecule has 0 saturated heterocycles. The Morgan fingerprint density at radius 1 is 0.750 bits per heavy atom. The molecule has 0 unspecified atom stereocenters. The number of hydrogen-bond acceptors (Lipinski definition) is 0. The molecule has 0 bridgehead atoms. The molecule has 0 aromatic carbocycles. The van der Waals surface area contributed by atoms with Crippen LogP contribution in [-0.4, -0.2) is 0 Å². The molecule has 0 atom stereocenters. The van der Waals surface area contributed by atoms with Crippen LogP contribution in [0.5, 0.6) is 0 Å². The molecule has 0 amide bonds. The van der Waals surface area contributed by atoms with Gasteiger partial charge in [-0.15, -0.1) is 0 Å². The van der Waals surface area contributed by atoms with E-state index in [0.29, 0.717) is 0 Å². The first-order chi connectivity index (χ1) is 5.97. The Kier molecular flexibility index (Phi) is 2.45. The van der Waals surface area contributed by atoms with E-state index < -0.39 is 0 Å². The van der Waals surface area contributed by atoms with Crippen molar-refractivity contribution in [2.24, 2.45) is 0 Å². The third-order valence-electron chi connectivity index (χ3n) is 2.68. The fourth-order valence-electron chi connectivity index (χ4n) is 1.97. The summed E-state index contributed by atoms with van der Waals surface area (Å²) in [6.07, 6.45) is 17.1. The van der Waals surface area contributed by atoms with E-state index in [2.05, 4.69) is 24.3 Å². The van der Waals surface area contributed by atoms with E-state index >= 15 is 0 Å². The maximum atomic E-state index is 2.33. The normalized spacial score (nSPS) is 29.3. The molecule has 0 fully saturated rings. The minimum atomic E-state index is 1.28. The van der Waals surface area contributed by atoms with Crippen LogP contribution in [0.25, 0.3) is 0 Å². The standard InChI is InChI=1S/C12H16/c1-3-7-11(8-4-1)12-9-5-2-6-10-12/h3,5,7,9H,1-2,4,6,8,10H2. The molecule has 2 aliphatic carbocycles. The van der Waals surface area contributed by atoms with Gasteiger partial charge in [-0.1, -0.05) is 24.3 Å². The van der Waals surface area contributed by atoms with Crippen LogP contribution < -0.4 is 0 Å². The van der Waals surface area contributed by atoms with Gasteiger partial charge in [0.1, 0.15) is 0 Å². The van der Waals surface area contributed by atoms with Crippen molar-refractivity contribution in [1.29, 1.82) is 0 Å². The Morgan fingerprint density at radius 2 is 1.25 bits per heavy atom. The summed E-state index contributed by atoms with van der Waals surface area (Å²) in [4.78, 5) is 0. The van der Waals surface area contributed by atoms with Crippen molar-refractivity contribution in [2.45, 2.75) is 38.5 Å². The Bertz CT molecular complexity index is 215. The smallest absolute Gasteiger partial charge is 0.0273 e. The van der Waals surface area contributed by atoms with E-state index in [1.807, 2.05) is 0 Å². The SMILES string of the molecule is C1=CC(=C2C=CCCC2)CCC1. The molecule has 0 aliphatic heterocycles. The van der Waals surface area contributed by atoms with Crippen LogP contribution in [-0.2, 0) is 0 Å². The summed E-state index contributed by atoms with van der Waals surface area (Å²) < 4.78 is 0. The molecule has 12 heavy (non-hydrogen) atoms. The van der Waals surface area contributed by atoms with E-state index in [1.165, 1.54) is 38.5 Å². The second-order valence-electron chi connectivity index (χ2n) is 3.64. The van der Waals surface area contributed by atoms with Crippen molar-refractivity contribution in [3.63, 3.8) is 0 Å². The largest absolute Gasteiger partial charge is 0.0842 e. The van der Waals surface area contributed by atoms with Gasteiger partial charge in [0.15, 0.2) is 0 Å². The predicted molar refractivity (Wildman–Crippen MR) is 53.0 cm³/mol. The highest BCUT2D eigenvalue weighted by Crippen LogP contribution is 2.26. The second kappa shape index (κ2) is 3.75. The molecule has 0 aromatic rings.